The van der Waals surface area contributed by atoms with Crippen LogP contribution in [0, 0.1) is 27.7 Å². The van der Waals surface area contributed by atoms with E-state index in [1.165, 1.54) is 46.0 Å². The van der Waals surface area contributed by atoms with E-state index in [4.69, 9.17) is 0 Å². The highest BCUT2D eigenvalue weighted by molar-refractivity contribution is 7.87. The van der Waals surface area contributed by atoms with Gasteiger partial charge in [0.15, 0.2) is 7.14 Å². The lowest BCUT2D eigenvalue weighted by molar-refractivity contribution is 0.593. The van der Waals surface area contributed by atoms with Crippen molar-refractivity contribution in [3.05, 3.63) is 86.2 Å². The van der Waals surface area contributed by atoms with E-state index in [1.807, 2.05) is 70.4 Å². The van der Waals surface area contributed by atoms with Gasteiger partial charge < -0.3 is 4.57 Å². The zero-order valence-corrected chi connectivity index (χ0v) is 22.3. The first kappa shape index (κ1) is 21.3. The minimum absolute atomic E-state index is 0.921. The topological polar surface area (TPSA) is 17.1 Å². The Balaban J connectivity index is 1.79. The molecule has 0 N–H and O–H groups in total. The number of hydrogen-bond donors (Lipinski definition) is 0. The normalized spacial score (nSPS) is 16.7. The Morgan fingerprint density at radius 3 is 1.88 bits per heavy atom. The molecule has 5 heteroatoms. The average molecular weight is 503 g/mol. The van der Waals surface area contributed by atoms with E-state index in [-0.39, 0.29) is 0 Å². The molecule has 0 fully saturated rings. The van der Waals surface area contributed by atoms with Gasteiger partial charge in [-0.1, -0.05) is 54.6 Å². The molecule has 0 radical (unpaired) electrons. The van der Waals surface area contributed by atoms with E-state index in [0.717, 1.165) is 21.5 Å². The summed E-state index contributed by atoms with van der Waals surface area (Å²) >= 11 is 5.48. The van der Waals surface area contributed by atoms with E-state index in [2.05, 4.69) is 58.0 Å². The molecule has 0 spiro atoms. The number of fused-ring (bicyclic) bond motifs is 3. The van der Waals surface area contributed by atoms with Crippen LogP contribution in [0.1, 0.15) is 19.5 Å². The fraction of sp³-hybridized carbons (Fsp3) is 0.143. The molecule has 2 aromatic carbocycles. The van der Waals surface area contributed by atoms with Crippen molar-refractivity contribution in [2.75, 3.05) is 0 Å². The van der Waals surface area contributed by atoms with Crippen molar-refractivity contribution in [2.24, 2.45) is 0 Å². The fourth-order valence-electron chi connectivity index (χ4n) is 5.05. The summed E-state index contributed by atoms with van der Waals surface area (Å²) in [5.41, 5.74) is 4.83. The molecule has 1 atom stereocenters. The summed E-state index contributed by atoms with van der Waals surface area (Å²) in [6.07, 6.45) is 0. The average Bonchev–Trinajstić information content (AvgIpc) is 3.51. The molecule has 3 aromatic heterocycles. The van der Waals surface area contributed by atoms with Gasteiger partial charge in [0.05, 0.1) is 0 Å². The van der Waals surface area contributed by atoms with Crippen LogP contribution in [0.25, 0.3) is 32.0 Å². The molecule has 0 amide bonds. The summed E-state index contributed by atoms with van der Waals surface area (Å²) < 4.78 is 15.3. The number of hydrogen-bond acceptors (Lipinski definition) is 4. The predicted molar refractivity (Wildman–Crippen MR) is 148 cm³/mol. The van der Waals surface area contributed by atoms with Gasteiger partial charge in [0, 0.05) is 61.9 Å². The van der Waals surface area contributed by atoms with E-state index in [0.29, 0.717) is 0 Å². The van der Waals surface area contributed by atoms with E-state index in [1.54, 1.807) is 0 Å². The first-order chi connectivity index (χ1) is 15.9. The predicted octanol–water partition coefficient (Wildman–Crippen LogP) is 8.06. The van der Waals surface area contributed by atoms with Gasteiger partial charge in [0.2, 0.25) is 0 Å². The molecule has 1 aliphatic heterocycles. The molecule has 4 heterocycles. The van der Waals surface area contributed by atoms with Crippen molar-refractivity contribution in [2.45, 2.75) is 27.7 Å². The molecule has 33 heavy (non-hydrogen) atoms. The Bertz CT molecular complexity index is 1580. The van der Waals surface area contributed by atoms with Gasteiger partial charge in [-0.2, -0.15) is 0 Å². The minimum Gasteiger partial charge on any atom is -0.309 e. The lowest BCUT2D eigenvalue weighted by Gasteiger charge is -2.18. The van der Waals surface area contributed by atoms with Crippen LogP contribution in [-0.2, 0) is 4.57 Å². The quantitative estimate of drug-likeness (QED) is 0.224. The second-order valence-electron chi connectivity index (χ2n) is 8.60. The fourth-order valence-corrected chi connectivity index (χ4v) is 12.1. The zero-order chi connectivity index (χ0) is 22.9. The molecule has 0 bridgehead atoms. The Kier molecular flexibility index (Phi) is 4.94. The maximum atomic E-state index is 15.3. The van der Waals surface area contributed by atoms with Gasteiger partial charge >= 0.3 is 0 Å². The van der Waals surface area contributed by atoms with Gasteiger partial charge in [-0.05, 0) is 45.4 Å². The monoisotopic (exact) mass is 502 g/mol. The molecule has 0 saturated heterocycles. The van der Waals surface area contributed by atoms with Crippen molar-refractivity contribution in [1.82, 2.24) is 0 Å². The molecule has 6 rings (SSSR count). The Morgan fingerprint density at radius 2 is 1.24 bits per heavy atom. The highest BCUT2D eigenvalue weighted by Crippen LogP contribution is 2.60. The summed E-state index contributed by atoms with van der Waals surface area (Å²) in [5, 5.41) is 2.94. The molecular weight excluding hydrogens is 479 g/mol. The van der Waals surface area contributed by atoms with E-state index in [9.17, 15) is 0 Å². The van der Waals surface area contributed by atoms with Crippen LogP contribution < -0.4 is 15.9 Å². The Morgan fingerprint density at radius 1 is 0.636 bits per heavy atom. The maximum Gasteiger partial charge on any atom is 0.173 e. The van der Waals surface area contributed by atoms with Crippen molar-refractivity contribution in [3.63, 3.8) is 0 Å². The summed E-state index contributed by atoms with van der Waals surface area (Å²) in [6, 6.07) is 23.0. The molecule has 1 nitrogen and oxygen atoms in total. The lowest BCUT2D eigenvalue weighted by atomic mass is 10.0. The summed E-state index contributed by atoms with van der Waals surface area (Å²) in [4.78, 5) is 7.64. The van der Waals surface area contributed by atoms with Gasteiger partial charge in [-0.25, -0.2) is 0 Å². The Labute approximate surface area is 206 Å². The summed E-state index contributed by atoms with van der Waals surface area (Å²) in [5.74, 6) is 0. The number of thiophene rings is 3. The highest BCUT2D eigenvalue weighted by atomic mass is 32.1. The first-order valence-electron chi connectivity index (χ1n) is 11.0. The molecular formula is C28H23OPS3. The molecule has 1 aliphatic rings. The SMILES string of the molecule is Cc1cc(-c2sc3c(c2-c2cc(C)sc2C)P(=O)(c2ccccc2)c2ccccc2-3)c(C)s1. The third-order valence-corrected chi connectivity index (χ3v) is 12.9. The van der Waals surface area contributed by atoms with Gasteiger partial charge in [0.25, 0.3) is 0 Å². The van der Waals surface area contributed by atoms with E-state index >= 15 is 4.57 Å². The number of benzene rings is 2. The molecule has 0 saturated carbocycles. The van der Waals surface area contributed by atoms with Crippen LogP contribution in [-0.4, -0.2) is 0 Å². The highest BCUT2D eigenvalue weighted by Gasteiger charge is 2.45. The largest absolute Gasteiger partial charge is 0.309 e. The van der Waals surface area contributed by atoms with Crippen LogP contribution in [0.3, 0.4) is 0 Å². The van der Waals surface area contributed by atoms with Gasteiger partial charge in [-0.15, -0.1) is 34.0 Å². The van der Waals surface area contributed by atoms with E-state index < -0.39 is 7.14 Å². The standard InChI is InChI=1S/C28H23OPS3/c1-16-14-22(18(3)31-16)25-26-28(33-27(25)23-15-17(2)32-19(23)4)21-12-8-9-13-24(21)30(26,29)20-10-6-5-7-11-20/h5-15H,1-4H3. The zero-order valence-electron chi connectivity index (χ0n) is 18.9. The third-order valence-electron chi connectivity index (χ3n) is 6.40. The Hall–Kier alpha value is -2.23. The smallest absolute Gasteiger partial charge is 0.173 e. The first-order valence-corrected chi connectivity index (χ1v) is 15.1. The summed E-state index contributed by atoms with van der Waals surface area (Å²) in [7, 11) is -3.01. The second kappa shape index (κ2) is 7.65. The van der Waals surface area contributed by atoms with Crippen LogP contribution >= 0.6 is 41.2 Å². The van der Waals surface area contributed by atoms with Gasteiger partial charge in [-0.3, -0.25) is 0 Å². The van der Waals surface area contributed by atoms with Crippen LogP contribution in [0.4, 0.5) is 0 Å². The summed E-state index contributed by atoms with van der Waals surface area (Å²) in [6.45, 7) is 8.74. The maximum absolute atomic E-state index is 15.3. The van der Waals surface area contributed by atoms with Crippen molar-refractivity contribution in [3.8, 4) is 32.0 Å². The lowest BCUT2D eigenvalue weighted by Crippen LogP contribution is -2.21. The molecule has 164 valence electrons. The van der Waals surface area contributed by atoms with Crippen molar-refractivity contribution in [1.29, 1.82) is 0 Å². The van der Waals surface area contributed by atoms with Crippen LogP contribution in [0.5, 0.6) is 0 Å². The molecule has 1 unspecified atom stereocenters. The van der Waals surface area contributed by atoms with Crippen molar-refractivity contribution < 1.29 is 4.57 Å². The van der Waals surface area contributed by atoms with Crippen molar-refractivity contribution >= 4 is 57.1 Å². The van der Waals surface area contributed by atoms with Crippen LogP contribution in [0.15, 0.2) is 66.7 Å². The molecule has 5 aromatic rings. The van der Waals surface area contributed by atoms with Crippen LogP contribution in [0.2, 0.25) is 0 Å². The minimum atomic E-state index is -3.01. The number of aryl methyl sites for hydroxylation is 4. The van der Waals surface area contributed by atoms with Gasteiger partial charge in [0.1, 0.15) is 0 Å². The number of rotatable bonds is 3. The second-order valence-corrected chi connectivity index (χ2v) is 15.2. The molecule has 0 aliphatic carbocycles. The third kappa shape index (κ3) is 3.05.